The number of nitrogens with two attached hydrogens (primary N) is 1. The van der Waals surface area contributed by atoms with Crippen LogP contribution >= 0.6 is 0 Å². The number of primary amides is 1. The number of carbonyl (C=O) groups is 2. The van der Waals surface area contributed by atoms with Crippen molar-refractivity contribution < 1.29 is 9.59 Å². The lowest BCUT2D eigenvalue weighted by atomic mass is 9.93. The molecule has 1 heterocycles. The van der Waals surface area contributed by atoms with Crippen LogP contribution in [0.15, 0.2) is 24.3 Å². The molecule has 2 atom stereocenters. The van der Waals surface area contributed by atoms with Crippen molar-refractivity contribution in [2.45, 2.75) is 26.3 Å². The topological polar surface area (TPSA) is 75.4 Å². The normalized spacial score (nSPS) is 22.1. The second-order valence-electron chi connectivity index (χ2n) is 5.63. The van der Waals surface area contributed by atoms with E-state index in [2.05, 4.69) is 19.2 Å². The zero-order valence-corrected chi connectivity index (χ0v) is 12.6. The summed E-state index contributed by atoms with van der Waals surface area (Å²) in [5.41, 5.74) is 6.16. The zero-order valence-electron chi connectivity index (χ0n) is 12.6. The first kappa shape index (κ1) is 15.5. The fraction of sp³-hybridized carbons (Fsp3) is 0.500. The molecule has 0 aliphatic carbocycles. The summed E-state index contributed by atoms with van der Waals surface area (Å²) in [6, 6.07) is 7.10. The van der Waals surface area contributed by atoms with Gasteiger partial charge in [0, 0.05) is 30.3 Å². The van der Waals surface area contributed by atoms with Gasteiger partial charge in [-0.3, -0.25) is 9.59 Å². The molecule has 0 aromatic heterocycles. The maximum Gasteiger partial charge on any atom is 0.253 e. The molecule has 0 spiro atoms. The maximum absolute atomic E-state index is 12.5. The molecular formula is C16H23N3O2. The lowest BCUT2D eigenvalue weighted by Gasteiger charge is -2.37. The number of carbonyl (C=O) groups excluding carboxylic acids is 2. The van der Waals surface area contributed by atoms with Crippen molar-refractivity contribution >= 4 is 11.8 Å². The van der Waals surface area contributed by atoms with Gasteiger partial charge in [-0.05, 0) is 37.1 Å². The van der Waals surface area contributed by atoms with E-state index in [-0.39, 0.29) is 5.91 Å². The zero-order chi connectivity index (χ0) is 15.4. The summed E-state index contributed by atoms with van der Waals surface area (Å²) in [4.78, 5) is 25.6. The van der Waals surface area contributed by atoms with Crippen LogP contribution in [0.3, 0.4) is 0 Å². The predicted octanol–water partition coefficient (Wildman–Crippen LogP) is 1.25. The van der Waals surface area contributed by atoms with Crippen molar-refractivity contribution in [2.75, 3.05) is 19.6 Å². The van der Waals surface area contributed by atoms with E-state index in [0.29, 0.717) is 23.1 Å². The second-order valence-corrected chi connectivity index (χ2v) is 5.63. The Labute approximate surface area is 125 Å². The van der Waals surface area contributed by atoms with Gasteiger partial charge in [0.05, 0.1) is 0 Å². The molecule has 21 heavy (non-hydrogen) atoms. The monoisotopic (exact) mass is 289 g/mol. The van der Waals surface area contributed by atoms with Crippen LogP contribution in [0, 0.1) is 5.92 Å². The van der Waals surface area contributed by atoms with Gasteiger partial charge in [-0.15, -0.1) is 0 Å². The molecule has 1 aliphatic heterocycles. The minimum atomic E-state index is -0.510. The molecule has 2 rings (SSSR count). The van der Waals surface area contributed by atoms with E-state index in [1.807, 2.05) is 4.90 Å². The summed E-state index contributed by atoms with van der Waals surface area (Å²) >= 11 is 0. The number of rotatable bonds is 4. The SMILES string of the molecule is CCNC1CCN(C(=O)c2cccc(C(N)=O)c2)CC1C. The van der Waals surface area contributed by atoms with Crippen LogP contribution in [0.25, 0.3) is 0 Å². The molecule has 114 valence electrons. The van der Waals surface area contributed by atoms with Crippen molar-refractivity contribution in [3.05, 3.63) is 35.4 Å². The largest absolute Gasteiger partial charge is 0.366 e. The number of nitrogens with zero attached hydrogens (tertiary/aromatic N) is 1. The van der Waals surface area contributed by atoms with Crippen molar-refractivity contribution in [1.29, 1.82) is 0 Å². The number of hydrogen-bond acceptors (Lipinski definition) is 3. The Bertz CT molecular complexity index is 530. The smallest absolute Gasteiger partial charge is 0.253 e. The summed E-state index contributed by atoms with van der Waals surface area (Å²) in [5.74, 6) is -0.120. The molecule has 2 unspecified atom stereocenters. The number of amides is 2. The quantitative estimate of drug-likeness (QED) is 0.876. The lowest BCUT2D eigenvalue weighted by molar-refractivity contribution is 0.0646. The maximum atomic E-state index is 12.5. The van der Waals surface area contributed by atoms with Crippen LogP contribution in [0.5, 0.6) is 0 Å². The van der Waals surface area contributed by atoms with Gasteiger partial charge >= 0.3 is 0 Å². The first-order chi connectivity index (χ1) is 10.0. The molecule has 2 amide bonds. The third-order valence-corrected chi connectivity index (χ3v) is 4.05. The Morgan fingerprint density at radius 2 is 2.10 bits per heavy atom. The Kier molecular flexibility index (Phi) is 4.96. The fourth-order valence-electron chi connectivity index (χ4n) is 2.88. The molecular weight excluding hydrogens is 266 g/mol. The van der Waals surface area contributed by atoms with E-state index < -0.39 is 5.91 Å². The van der Waals surface area contributed by atoms with E-state index in [1.54, 1.807) is 24.3 Å². The molecule has 1 aromatic rings. The summed E-state index contributed by atoms with van der Waals surface area (Å²) in [7, 11) is 0. The molecule has 0 saturated carbocycles. The van der Waals surface area contributed by atoms with Gasteiger partial charge in [0.25, 0.3) is 5.91 Å². The Morgan fingerprint density at radius 3 is 2.71 bits per heavy atom. The van der Waals surface area contributed by atoms with Gasteiger partial charge in [0.15, 0.2) is 0 Å². The number of benzene rings is 1. The highest BCUT2D eigenvalue weighted by Gasteiger charge is 2.28. The van der Waals surface area contributed by atoms with E-state index in [4.69, 9.17) is 5.73 Å². The molecule has 5 heteroatoms. The summed E-state index contributed by atoms with van der Waals surface area (Å²) in [5, 5.41) is 3.46. The highest BCUT2D eigenvalue weighted by Crippen LogP contribution is 2.19. The fourth-order valence-corrected chi connectivity index (χ4v) is 2.88. The second kappa shape index (κ2) is 6.72. The van der Waals surface area contributed by atoms with Crippen molar-refractivity contribution in [3.8, 4) is 0 Å². The number of hydrogen-bond donors (Lipinski definition) is 2. The standard InChI is InChI=1S/C16H23N3O2/c1-3-18-14-7-8-19(10-11(14)2)16(21)13-6-4-5-12(9-13)15(17)20/h4-6,9,11,14,18H,3,7-8,10H2,1-2H3,(H2,17,20). The molecule has 1 aliphatic rings. The number of nitrogens with one attached hydrogen (secondary N) is 1. The highest BCUT2D eigenvalue weighted by molar-refractivity contribution is 5.99. The van der Waals surface area contributed by atoms with Crippen molar-refractivity contribution in [2.24, 2.45) is 11.7 Å². The summed E-state index contributed by atoms with van der Waals surface area (Å²) in [6.07, 6.45) is 0.955. The van der Waals surface area contributed by atoms with Crippen LogP contribution < -0.4 is 11.1 Å². The van der Waals surface area contributed by atoms with Gasteiger partial charge in [-0.1, -0.05) is 19.9 Å². The first-order valence-corrected chi connectivity index (χ1v) is 7.45. The minimum absolute atomic E-state index is 0.0279. The molecule has 0 radical (unpaired) electrons. The Balaban J connectivity index is 2.07. The van der Waals surface area contributed by atoms with Crippen LogP contribution in [-0.4, -0.2) is 42.4 Å². The highest BCUT2D eigenvalue weighted by atomic mass is 16.2. The van der Waals surface area contributed by atoms with Crippen LogP contribution in [0.4, 0.5) is 0 Å². The van der Waals surface area contributed by atoms with Crippen molar-refractivity contribution in [1.82, 2.24) is 10.2 Å². The first-order valence-electron chi connectivity index (χ1n) is 7.45. The van der Waals surface area contributed by atoms with Gasteiger partial charge < -0.3 is 16.0 Å². The molecule has 1 saturated heterocycles. The van der Waals surface area contributed by atoms with Gasteiger partial charge in [0.2, 0.25) is 5.91 Å². The molecule has 0 bridgehead atoms. The summed E-state index contributed by atoms with van der Waals surface area (Å²) in [6.45, 7) is 6.68. The molecule has 3 N–H and O–H groups in total. The average molecular weight is 289 g/mol. The third-order valence-electron chi connectivity index (χ3n) is 4.05. The Morgan fingerprint density at radius 1 is 1.38 bits per heavy atom. The Hall–Kier alpha value is -1.88. The van der Waals surface area contributed by atoms with E-state index >= 15 is 0 Å². The third kappa shape index (κ3) is 3.61. The number of piperidine rings is 1. The van der Waals surface area contributed by atoms with Crippen LogP contribution in [-0.2, 0) is 0 Å². The summed E-state index contributed by atoms with van der Waals surface area (Å²) < 4.78 is 0. The minimum Gasteiger partial charge on any atom is -0.366 e. The predicted molar refractivity (Wildman–Crippen MR) is 82.1 cm³/mol. The molecule has 5 nitrogen and oxygen atoms in total. The van der Waals surface area contributed by atoms with Gasteiger partial charge in [-0.25, -0.2) is 0 Å². The van der Waals surface area contributed by atoms with E-state index in [0.717, 1.165) is 26.1 Å². The molecule has 1 aromatic carbocycles. The average Bonchev–Trinajstić information content (AvgIpc) is 2.49. The van der Waals surface area contributed by atoms with E-state index in [9.17, 15) is 9.59 Å². The van der Waals surface area contributed by atoms with Crippen LogP contribution in [0.2, 0.25) is 0 Å². The van der Waals surface area contributed by atoms with E-state index in [1.165, 1.54) is 0 Å². The number of likely N-dealkylation sites (tertiary alicyclic amines) is 1. The van der Waals surface area contributed by atoms with Crippen molar-refractivity contribution in [3.63, 3.8) is 0 Å². The van der Waals surface area contributed by atoms with Crippen LogP contribution in [0.1, 0.15) is 41.0 Å². The van der Waals surface area contributed by atoms with Gasteiger partial charge in [0.1, 0.15) is 0 Å². The van der Waals surface area contributed by atoms with Gasteiger partial charge in [-0.2, -0.15) is 0 Å². The lowest BCUT2D eigenvalue weighted by Crippen LogP contribution is -2.50. The molecule has 1 fully saturated rings.